The number of nitrogens with two attached hydrogens (primary N) is 1. The number of hydrogen-bond acceptors (Lipinski definition) is 8. The molecule has 2 amide bonds. The summed E-state index contributed by atoms with van der Waals surface area (Å²) in [4.78, 5) is 36.9. The van der Waals surface area contributed by atoms with Gasteiger partial charge in [0.15, 0.2) is 11.5 Å². The standard InChI is InChI=1S/C23H31N7O4S/c1-28-12-14-30(15-13-28)35(33,34)18-7-5-17(6-8-18)19-16-26-22(24)21(27-19)23(32)25-9-3-11-29-10-2-4-20(29)31/h5-8,16H,2-4,9-15H2,1H3,(H2,24,26)(H,25,32). The second kappa shape index (κ2) is 10.7. The third-order valence-corrected chi connectivity index (χ3v) is 8.24. The predicted octanol–water partition coefficient (Wildman–Crippen LogP) is 0.404. The third kappa shape index (κ3) is 5.77. The fraction of sp³-hybridized carbons (Fsp3) is 0.478. The summed E-state index contributed by atoms with van der Waals surface area (Å²) in [6.45, 7) is 4.05. The number of nitrogens with zero attached hydrogens (tertiary/aromatic N) is 5. The molecule has 3 heterocycles. The van der Waals surface area contributed by atoms with Gasteiger partial charge in [0.25, 0.3) is 5.91 Å². The molecular weight excluding hydrogens is 470 g/mol. The fourth-order valence-corrected chi connectivity index (χ4v) is 5.60. The molecule has 0 unspecified atom stereocenters. The largest absolute Gasteiger partial charge is 0.382 e. The Balaban J connectivity index is 1.40. The summed E-state index contributed by atoms with van der Waals surface area (Å²) in [5.41, 5.74) is 6.93. The molecule has 35 heavy (non-hydrogen) atoms. The number of likely N-dealkylation sites (N-methyl/N-ethyl adjacent to an activating group) is 1. The second-order valence-electron chi connectivity index (χ2n) is 8.81. The maximum atomic E-state index is 12.9. The normalized spacial score (nSPS) is 17.6. The Hall–Kier alpha value is -3.09. The van der Waals surface area contributed by atoms with Crippen LogP contribution in [0.4, 0.5) is 5.82 Å². The first-order valence-electron chi connectivity index (χ1n) is 11.7. The second-order valence-corrected chi connectivity index (χ2v) is 10.8. The van der Waals surface area contributed by atoms with Gasteiger partial charge in [-0.05, 0) is 32.0 Å². The average Bonchev–Trinajstić information content (AvgIpc) is 3.27. The van der Waals surface area contributed by atoms with E-state index < -0.39 is 15.9 Å². The molecule has 2 aromatic rings. The highest BCUT2D eigenvalue weighted by atomic mass is 32.2. The molecule has 3 N–H and O–H groups in total. The van der Waals surface area contributed by atoms with E-state index in [9.17, 15) is 18.0 Å². The summed E-state index contributed by atoms with van der Waals surface area (Å²) in [6.07, 6.45) is 3.56. The van der Waals surface area contributed by atoms with Crippen molar-refractivity contribution >= 4 is 27.7 Å². The van der Waals surface area contributed by atoms with Crippen molar-refractivity contribution in [1.82, 2.24) is 29.4 Å². The number of sulfonamides is 1. The van der Waals surface area contributed by atoms with Crippen LogP contribution in [-0.2, 0) is 14.8 Å². The minimum Gasteiger partial charge on any atom is -0.382 e. The smallest absolute Gasteiger partial charge is 0.273 e. The van der Waals surface area contributed by atoms with Gasteiger partial charge in [0.2, 0.25) is 15.9 Å². The Morgan fingerprint density at radius 2 is 1.83 bits per heavy atom. The predicted molar refractivity (Wildman–Crippen MR) is 131 cm³/mol. The van der Waals surface area contributed by atoms with Crippen LogP contribution in [0.5, 0.6) is 0 Å². The zero-order chi connectivity index (χ0) is 25.0. The lowest BCUT2D eigenvalue weighted by atomic mass is 10.1. The number of piperazine rings is 1. The molecule has 188 valence electrons. The van der Waals surface area contributed by atoms with Crippen LogP contribution in [0.2, 0.25) is 0 Å². The molecule has 0 saturated carbocycles. The molecule has 1 aromatic carbocycles. The molecular formula is C23H31N7O4S. The Morgan fingerprint density at radius 3 is 2.49 bits per heavy atom. The number of likely N-dealkylation sites (tertiary alicyclic amines) is 1. The Bertz CT molecular complexity index is 1180. The van der Waals surface area contributed by atoms with E-state index in [-0.39, 0.29) is 22.3 Å². The molecule has 0 aliphatic carbocycles. The zero-order valence-corrected chi connectivity index (χ0v) is 20.6. The Kier molecular flexibility index (Phi) is 7.63. The monoisotopic (exact) mass is 501 g/mol. The van der Waals surface area contributed by atoms with E-state index in [0.29, 0.717) is 63.4 Å². The zero-order valence-electron chi connectivity index (χ0n) is 19.8. The van der Waals surface area contributed by atoms with E-state index in [0.717, 1.165) is 13.0 Å². The lowest BCUT2D eigenvalue weighted by molar-refractivity contribution is -0.127. The highest BCUT2D eigenvalue weighted by Gasteiger charge is 2.27. The lowest BCUT2D eigenvalue weighted by Gasteiger charge is -2.31. The molecule has 2 saturated heterocycles. The molecule has 2 aliphatic rings. The molecule has 0 bridgehead atoms. The van der Waals surface area contributed by atoms with Crippen LogP contribution in [0.1, 0.15) is 29.8 Å². The summed E-state index contributed by atoms with van der Waals surface area (Å²) in [6, 6.07) is 6.39. The minimum absolute atomic E-state index is 0.00823. The van der Waals surface area contributed by atoms with E-state index in [4.69, 9.17) is 5.73 Å². The molecule has 11 nitrogen and oxygen atoms in total. The van der Waals surface area contributed by atoms with E-state index in [1.54, 1.807) is 29.2 Å². The van der Waals surface area contributed by atoms with Crippen molar-refractivity contribution in [1.29, 1.82) is 0 Å². The molecule has 0 spiro atoms. The van der Waals surface area contributed by atoms with Crippen LogP contribution in [0.3, 0.4) is 0 Å². The van der Waals surface area contributed by atoms with Gasteiger partial charge in [0.1, 0.15) is 0 Å². The van der Waals surface area contributed by atoms with Gasteiger partial charge < -0.3 is 20.9 Å². The maximum Gasteiger partial charge on any atom is 0.273 e. The van der Waals surface area contributed by atoms with Gasteiger partial charge >= 0.3 is 0 Å². The van der Waals surface area contributed by atoms with Crippen molar-refractivity contribution in [3.05, 3.63) is 36.2 Å². The highest BCUT2D eigenvalue weighted by molar-refractivity contribution is 7.89. The van der Waals surface area contributed by atoms with E-state index in [1.807, 2.05) is 7.05 Å². The van der Waals surface area contributed by atoms with Crippen LogP contribution in [-0.4, -0.2) is 97.2 Å². The molecule has 2 aliphatic heterocycles. The first-order valence-corrected chi connectivity index (χ1v) is 13.2. The molecule has 4 rings (SSSR count). The molecule has 2 fully saturated rings. The van der Waals surface area contributed by atoms with Gasteiger partial charge in [-0.3, -0.25) is 9.59 Å². The highest BCUT2D eigenvalue weighted by Crippen LogP contribution is 2.23. The molecule has 0 radical (unpaired) electrons. The van der Waals surface area contributed by atoms with Crippen molar-refractivity contribution < 1.29 is 18.0 Å². The number of nitrogen functional groups attached to an aromatic ring is 1. The van der Waals surface area contributed by atoms with Gasteiger partial charge in [-0.1, -0.05) is 12.1 Å². The number of rotatable bonds is 8. The lowest BCUT2D eigenvalue weighted by Crippen LogP contribution is -2.46. The average molecular weight is 502 g/mol. The summed E-state index contributed by atoms with van der Waals surface area (Å²) < 4.78 is 27.4. The minimum atomic E-state index is -3.57. The maximum absolute atomic E-state index is 12.9. The number of hydrogen-bond donors (Lipinski definition) is 2. The van der Waals surface area contributed by atoms with Gasteiger partial charge in [0.05, 0.1) is 16.8 Å². The molecule has 0 atom stereocenters. The van der Waals surface area contributed by atoms with E-state index in [1.165, 1.54) is 10.5 Å². The van der Waals surface area contributed by atoms with Gasteiger partial charge in [0, 0.05) is 57.8 Å². The van der Waals surface area contributed by atoms with Crippen LogP contribution < -0.4 is 11.1 Å². The van der Waals surface area contributed by atoms with Gasteiger partial charge in [-0.2, -0.15) is 4.31 Å². The summed E-state index contributed by atoms with van der Waals surface area (Å²) >= 11 is 0. The number of amides is 2. The topological polar surface area (TPSA) is 142 Å². The summed E-state index contributed by atoms with van der Waals surface area (Å²) in [5.74, 6) is -0.282. The quantitative estimate of drug-likeness (QED) is 0.495. The molecule has 12 heteroatoms. The number of aromatic nitrogens is 2. The SMILES string of the molecule is CN1CCN(S(=O)(=O)c2ccc(-c3cnc(N)c(C(=O)NCCCN4CCCC4=O)n3)cc2)CC1. The third-order valence-electron chi connectivity index (χ3n) is 6.33. The summed E-state index contributed by atoms with van der Waals surface area (Å²) in [7, 11) is -1.60. The number of carbonyl (C=O) groups excluding carboxylic acids is 2. The first kappa shape index (κ1) is 25.0. The number of benzene rings is 1. The van der Waals surface area contributed by atoms with Gasteiger partial charge in [-0.25, -0.2) is 18.4 Å². The van der Waals surface area contributed by atoms with Crippen LogP contribution >= 0.6 is 0 Å². The van der Waals surface area contributed by atoms with E-state index >= 15 is 0 Å². The Labute approximate surface area is 205 Å². The number of nitrogens with one attached hydrogen (secondary N) is 1. The van der Waals surface area contributed by atoms with Crippen molar-refractivity contribution in [3.63, 3.8) is 0 Å². The number of anilines is 1. The summed E-state index contributed by atoms with van der Waals surface area (Å²) in [5, 5.41) is 2.78. The van der Waals surface area contributed by atoms with E-state index in [2.05, 4.69) is 20.2 Å². The molecule has 1 aromatic heterocycles. The number of carbonyl (C=O) groups is 2. The van der Waals surface area contributed by atoms with Crippen LogP contribution in [0.25, 0.3) is 11.3 Å². The van der Waals surface area contributed by atoms with Crippen molar-refractivity contribution in [2.75, 3.05) is 58.6 Å². The Morgan fingerprint density at radius 1 is 1.11 bits per heavy atom. The van der Waals surface area contributed by atoms with Crippen molar-refractivity contribution in [3.8, 4) is 11.3 Å². The van der Waals surface area contributed by atoms with Crippen LogP contribution in [0, 0.1) is 0 Å². The fourth-order valence-electron chi connectivity index (χ4n) is 4.18. The van der Waals surface area contributed by atoms with Crippen LogP contribution in [0.15, 0.2) is 35.4 Å². The van der Waals surface area contributed by atoms with Crippen molar-refractivity contribution in [2.24, 2.45) is 0 Å². The van der Waals surface area contributed by atoms with Crippen molar-refractivity contribution in [2.45, 2.75) is 24.2 Å². The first-order chi connectivity index (χ1) is 16.8. The van der Waals surface area contributed by atoms with Gasteiger partial charge in [-0.15, -0.1) is 0 Å².